The summed E-state index contributed by atoms with van der Waals surface area (Å²) in [4.78, 5) is 7.86. The van der Waals surface area contributed by atoms with Crippen LogP contribution in [0.3, 0.4) is 0 Å². The molecule has 0 aliphatic rings. The Morgan fingerprint density at radius 2 is 2.06 bits per heavy atom. The van der Waals surface area contributed by atoms with Gasteiger partial charge in [0.15, 0.2) is 17.2 Å². The van der Waals surface area contributed by atoms with E-state index in [1.807, 2.05) is 0 Å². The first-order valence-electron chi connectivity index (χ1n) is 5.13. The quantitative estimate of drug-likeness (QED) is 0.719. The normalized spacial score (nSPS) is 10.7. The Bertz CT molecular complexity index is 711. The number of para-hydroxylation sites is 1. The van der Waals surface area contributed by atoms with Crippen molar-refractivity contribution >= 4 is 17.0 Å². The second-order valence-corrected chi connectivity index (χ2v) is 3.55. The van der Waals surface area contributed by atoms with Crippen molar-refractivity contribution in [1.29, 1.82) is 0 Å². The lowest BCUT2D eigenvalue weighted by molar-refractivity contribution is 0.432. The highest BCUT2D eigenvalue weighted by Gasteiger charge is 2.12. The third-order valence-corrected chi connectivity index (χ3v) is 2.34. The van der Waals surface area contributed by atoms with Gasteiger partial charge >= 0.3 is 0 Å². The summed E-state index contributed by atoms with van der Waals surface area (Å²) in [5.41, 5.74) is 5.97. The number of aromatic amines is 1. The van der Waals surface area contributed by atoms with E-state index in [1.165, 1.54) is 18.3 Å². The van der Waals surface area contributed by atoms with E-state index in [2.05, 4.69) is 20.2 Å². The molecular formula is C11H8FN5O. The van der Waals surface area contributed by atoms with Crippen LogP contribution in [0, 0.1) is 5.82 Å². The molecular weight excluding hydrogens is 237 g/mol. The van der Waals surface area contributed by atoms with Crippen molar-refractivity contribution in [2.45, 2.75) is 0 Å². The average molecular weight is 245 g/mol. The molecule has 1 aromatic carbocycles. The SMILES string of the molecule is Nc1nc(Oc2ccccc2F)c2cn[nH]c2n1. The number of H-pyrrole nitrogens is 1. The molecule has 0 unspecified atom stereocenters. The Hall–Kier alpha value is -2.70. The molecule has 0 saturated carbocycles. The van der Waals surface area contributed by atoms with E-state index in [0.29, 0.717) is 11.0 Å². The highest BCUT2D eigenvalue weighted by molar-refractivity contribution is 5.80. The topological polar surface area (TPSA) is 89.7 Å². The van der Waals surface area contributed by atoms with Crippen LogP contribution in [0.25, 0.3) is 11.0 Å². The van der Waals surface area contributed by atoms with Gasteiger partial charge in [-0.15, -0.1) is 0 Å². The third kappa shape index (κ3) is 1.71. The first-order chi connectivity index (χ1) is 8.74. The molecule has 6 nitrogen and oxygen atoms in total. The van der Waals surface area contributed by atoms with Gasteiger partial charge in [-0.1, -0.05) is 12.1 Å². The molecule has 0 spiro atoms. The maximum Gasteiger partial charge on any atom is 0.235 e. The number of hydrogen-bond donors (Lipinski definition) is 2. The van der Waals surface area contributed by atoms with Crippen LogP contribution in [0.2, 0.25) is 0 Å². The van der Waals surface area contributed by atoms with Gasteiger partial charge in [-0.2, -0.15) is 15.1 Å². The number of fused-ring (bicyclic) bond motifs is 1. The summed E-state index contributed by atoms with van der Waals surface area (Å²) < 4.78 is 18.9. The standard InChI is InChI=1S/C11H8FN5O/c12-7-3-1-2-4-8(7)18-10-6-5-14-17-9(6)15-11(13)16-10/h1-5H,(H3,13,14,15,16,17). The smallest absolute Gasteiger partial charge is 0.235 e. The van der Waals surface area contributed by atoms with E-state index in [-0.39, 0.29) is 17.6 Å². The summed E-state index contributed by atoms with van der Waals surface area (Å²) in [6.45, 7) is 0. The minimum absolute atomic E-state index is 0.0260. The number of halogens is 1. The fourth-order valence-electron chi connectivity index (χ4n) is 1.53. The minimum Gasteiger partial charge on any atom is -0.435 e. The number of nitrogens with zero attached hydrogens (tertiary/aromatic N) is 3. The van der Waals surface area contributed by atoms with Crippen molar-refractivity contribution in [1.82, 2.24) is 20.2 Å². The number of benzene rings is 1. The van der Waals surface area contributed by atoms with Crippen molar-refractivity contribution in [2.24, 2.45) is 0 Å². The highest BCUT2D eigenvalue weighted by atomic mass is 19.1. The van der Waals surface area contributed by atoms with Crippen LogP contribution in [0.15, 0.2) is 30.5 Å². The van der Waals surface area contributed by atoms with Crippen molar-refractivity contribution in [3.8, 4) is 11.6 Å². The number of anilines is 1. The Morgan fingerprint density at radius 1 is 1.22 bits per heavy atom. The van der Waals surface area contributed by atoms with Gasteiger partial charge < -0.3 is 10.5 Å². The molecule has 90 valence electrons. The van der Waals surface area contributed by atoms with Gasteiger partial charge in [0.05, 0.1) is 6.20 Å². The Labute approximate surface area is 101 Å². The van der Waals surface area contributed by atoms with Crippen LogP contribution in [-0.4, -0.2) is 20.2 Å². The summed E-state index contributed by atoms with van der Waals surface area (Å²) in [7, 11) is 0. The van der Waals surface area contributed by atoms with E-state index < -0.39 is 5.82 Å². The van der Waals surface area contributed by atoms with Gasteiger partial charge in [0.25, 0.3) is 0 Å². The maximum absolute atomic E-state index is 13.5. The van der Waals surface area contributed by atoms with Gasteiger partial charge in [0.2, 0.25) is 11.8 Å². The van der Waals surface area contributed by atoms with E-state index in [0.717, 1.165) is 0 Å². The Morgan fingerprint density at radius 3 is 2.89 bits per heavy atom. The van der Waals surface area contributed by atoms with Gasteiger partial charge in [-0.05, 0) is 12.1 Å². The zero-order chi connectivity index (χ0) is 12.5. The molecule has 0 atom stereocenters. The molecule has 0 aliphatic carbocycles. The lowest BCUT2D eigenvalue weighted by Crippen LogP contribution is -1.98. The van der Waals surface area contributed by atoms with Crippen LogP contribution in [0.4, 0.5) is 10.3 Å². The van der Waals surface area contributed by atoms with Crippen LogP contribution in [0.1, 0.15) is 0 Å². The molecule has 3 N–H and O–H groups in total. The summed E-state index contributed by atoms with van der Waals surface area (Å²) in [5, 5.41) is 6.99. The Kier molecular flexibility index (Phi) is 2.30. The maximum atomic E-state index is 13.5. The largest absolute Gasteiger partial charge is 0.435 e. The number of nitrogen functional groups attached to an aromatic ring is 1. The van der Waals surface area contributed by atoms with Gasteiger partial charge in [0, 0.05) is 0 Å². The number of aromatic nitrogens is 4. The molecule has 0 aliphatic heterocycles. The summed E-state index contributed by atoms with van der Waals surface area (Å²) in [6.07, 6.45) is 1.49. The fourth-order valence-corrected chi connectivity index (χ4v) is 1.53. The van der Waals surface area contributed by atoms with Crippen LogP contribution >= 0.6 is 0 Å². The average Bonchev–Trinajstić information content (AvgIpc) is 2.80. The van der Waals surface area contributed by atoms with E-state index >= 15 is 0 Å². The molecule has 18 heavy (non-hydrogen) atoms. The minimum atomic E-state index is -0.480. The molecule has 2 aromatic heterocycles. The summed E-state index contributed by atoms with van der Waals surface area (Å²) in [5.74, 6) is -0.223. The molecule has 0 amide bonds. The molecule has 7 heteroatoms. The monoisotopic (exact) mass is 245 g/mol. The lowest BCUT2D eigenvalue weighted by atomic mass is 10.3. The fraction of sp³-hybridized carbons (Fsp3) is 0. The summed E-state index contributed by atoms with van der Waals surface area (Å²) in [6, 6.07) is 6.03. The predicted molar refractivity (Wildman–Crippen MR) is 62.6 cm³/mol. The van der Waals surface area contributed by atoms with E-state index in [9.17, 15) is 4.39 Å². The zero-order valence-electron chi connectivity index (χ0n) is 9.09. The molecule has 0 radical (unpaired) electrons. The lowest BCUT2D eigenvalue weighted by Gasteiger charge is -2.06. The van der Waals surface area contributed by atoms with Crippen molar-refractivity contribution in [3.05, 3.63) is 36.3 Å². The van der Waals surface area contributed by atoms with Crippen molar-refractivity contribution < 1.29 is 9.13 Å². The van der Waals surface area contributed by atoms with Crippen molar-refractivity contribution in [2.75, 3.05) is 5.73 Å². The number of hydrogen-bond acceptors (Lipinski definition) is 5. The molecule has 2 heterocycles. The Balaban J connectivity index is 2.10. The highest BCUT2D eigenvalue weighted by Crippen LogP contribution is 2.28. The number of ether oxygens (including phenoxy) is 1. The third-order valence-electron chi connectivity index (χ3n) is 2.34. The molecule has 0 saturated heterocycles. The van der Waals surface area contributed by atoms with Gasteiger partial charge in [-0.25, -0.2) is 4.39 Å². The van der Waals surface area contributed by atoms with Gasteiger partial charge in [-0.3, -0.25) is 5.10 Å². The first-order valence-corrected chi connectivity index (χ1v) is 5.13. The van der Waals surface area contributed by atoms with E-state index in [1.54, 1.807) is 12.1 Å². The molecule has 0 bridgehead atoms. The van der Waals surface area contributed by atoms with Crippen LogP contribution < -0.4 is 10.5 Å². The van der Waals surface area contributed by atoms with Crippen molar-refractivity contribution in [3.63, 3.8) is 0 Å². The molecule has 3 rings (SSSR count). The second-order valence-electron chi connectivity index (χ2n) is 3.55. The molecule has 0 fully saturated rings. The zero-order valence-corrected chi connectivity index (χ0v) is 9.09. The number of rotatable bonds is 2. The summed E-state index contributed by atoms with van der Waals surface area (Å²) >= 11 is 0. The predicted octanol–water partition coefficient (Wildman–Crippen LogP) is 1.87. The number of nitrogens with one attached hydrogen (secondary N) is 1. The van der Waals surface area contributed by atoms with Crippen LogP contribution in [0.5, 0.6) is 11.6 Å². The van der Waals surface area contributed by atoms with Crippen LogP contribution in [-0.2, 0) is 0 Å². The van der Waals surface area contributed by atoms with Gasteiger partial charge in [0.1, 0.15) is 5.39 Å². The van der Waals surface area contributed by atoms with E-state index in [4.69, 9.17) is 10.5 Å². The second kappa shape index (κ2) is 3.95. The molecule has 3 aromatic rings. The number of nitrogens with two attached hydrogens (primary N) is 1. The first kappa shape index (κ1) is 10.5.